The summed E-state index contributed by atoms with van der Waals surface area (Å²) in [5.41, 5.74) is -2.97. The molecule has 0 saturated heterocycles. The van der Waals surface area contributed by atoms with E-state index in [0.717, 1.165) is 0 Å². The van der Waals surface area contributed by atoms with E-state index >= 15 is 0 Å². The van der Waals surface area contributed by atoms with E-state index in [0.29, 0.717) is 0 Å². The predicted octanol–water partition coefficient (Wildman–Crippen LogP) is -8.31. The number of carboxylic acids is 3. The van der Waals surface area contributed by atoms with Crippen LogP contribution in [0.15, 0.2) is 0 Å². The van der Waals surface area contributed by atoms with E-state index in [1.165, 1.54) is 0 Å². The van der Waals surface area contributed by atoms with E-state index < -0.39 is 57.1 Å². The average molecular weight is 635 g/mol. The molecule has 0 heterocycles. The van der Waals surface area contributed by atoms with Crippen molar-refractivity contribution in [2.75, 3.05) is 0 Å². The molecule has 0 aliphatic carbocycles. The number of hydrogen-bond acceptors (Lipinski definition) is 15. The first-order valence-corrected chi connectivity index (χ1v) is 7.11. The van der Waals surface area contributed by atoms with Crippen molar-refractivity contribution in [1.29, 1.82) is 0 Å². The normalized spacial score (nSPS) is 9.88. The van der Waals surface area contributed by atoms with Gasteiger partial charge in [-0.1, -0.05) is 0 Å². The van der Waals surface area contributed by atoms with Crippen LogP contribution in [0.1, 0.15) is 12.8 Å². The van der Waals surface area contributed by atoms with Crippen LogP contribution in [-0.2, 0) is 35.2 Å². The molecular weight excluding hydrogens is 626 g/mol. The van der Waals surface area contributed by atoms with Crippen molar-refractivity contribution in [2.45, 2.75) is 18.4 Å². The maximum absolute atomic E-state index is 10.1. The van der Waals surface area contributed by atoms with Crippen molar-refractivity contribution in [2.24, 2.45) is 0 Å². The van der Waals surface area contributed by atoms with Gasteiger partial charge in [0, 0.05) is 45.6 Å². The van der Waals surface area contributed by atoms with Crippen molar-refractivity contribution in [3.8, 4) is 0 Å². The second-order valence-corrected chi connectivity index (χ2v) is 4.87. The number of hydrogen-bond donors (Lipinski definition) is 2. The second-order valence-electron chi connectivity index (χ2n) is 3.23. The number of aliphatic carboxylic acids is 3. The number of quaternary nitrogens is 1. The molecule has 0 aromatic carbocycles. The zero-order chi connectivity index (χ0) is 19.6. The Hall–Kier alpha value is -0.514. The number of aliphatic hydroxyl groups is 1. The Morgan fingerprint density at radius 3 is 1.00 bits per heavy atom. The fourth-order valence-electron chi connectivity index (χ4n) is 0.684. The van der Waals surface area contributed by atoms with Crippen molar-refractivity contribution in [3.63, 3.8) is 0 Å². The monoisotopic (exact) mass is 635 g/mol. The Morgan fingerprint density at radius 2 is 0.923 bits per heavy atom. The summed E-state index contributed by atoms with van der Waals surface area (Å²) in [5.74, 6) is -5.98. The van der Waals surface area contributed by atoms with E-state index in [9.17, 15) is 29.7 Å². The molecule has 0 amide bonds. The smallest absolute Gasteiger partial charge is 0.759 e. The molecule has 0 bridgehead atoms. The molecular formula is C6H9AlBiNO15S2. The minimum atomic E-state index is -5.17. The van der Waals surface area contributed by atoms with Crippen molar-refractivity contribution in [1.82, 2.24) is 6.15 Å². The van der Waals surface area contributed by atoms with Gasteiger partial charge in [0.25, 0.3) is 0 Å². The van der Waals surface area contributed by atoms with Gasteiger partial charge in [0.05, 0.1) is 5.97 Å². The third-order valence-corrected chi connectivity index (χ3v) is 1.25. The van der Waals surface area contributed by atoms with E-state index in [4.69, 9.17) is 40.2 Å². The molecule has 0 atom stereocenters. The van der Waals surface area contributed by atoms with Crippen molar-refractivity contribution >= 4 is 82.3 Å². The van der Waals surface area contributed by atoms with Crippen molar-refractivity contribution in [3.05, 3.63) is 0 Å². The summed E-state index contributed by atoms with van der Waals surface area (Å²) >= 11 is 0. The van der Waals surface area contributed by atoms with Gasteiger partial charge >= 0.3 is 43.6 Å². The van der Waals surface area contributed by atoms with Gasteiger partial charge in [-0.3, -0.25) is 16.8 Å². The van der Waals surface area contributed by atoms with Crippen molar-refractivity contribution < 1.29 is 69.9 Å². The number of carbonyl (C=O) groups excluding carboxylic acids is 3. The topological polar surface area (TPSA) is 338 Å². The summed E-state index contributed by atoms with van der Waals surface area (Å²) < 4.78 is 68.2. The Labute approximate surface area is 176 Å². The van der Waals surface area contributed by atoms with E-state index in [-0.39, 0.29) is 49.7 Å². The first-order valence-electron chi connectivity index (χ1n) is 4.45. The standard InChI is InChI=1S/C6H8O7.Al.Bi.H3N.2H2O4S/c7-3(8)1-6(13,5(11)12)2-4(9)10;;;;2*1-5(2,3)4/h13H,1-2H2,(H,7,8)(H,9,10)(H,11,12);;;1H3;2*(H2,1,2,3,4)/q;2*+3;;;/p-6. The first-order chi connectivity index (χ1) is 9.78. The molecule has 0 aromatic rings. The SMILES string of the molecule is O=C([O-])CC(O)(CC(=O)[O-])C(=O)[O-].O=S(=O)([O-])[O-].O=S(=O)([O-])[O-].[Al+3].[Bi+3].[NH4+]. The zero-order valence-corrected chi connectivity index (χ0v) is 18.7. The molecule has 0 aromatic heterocycles. The molecule has 0 unspecified atom stereocenters. The number of rotatable bonds is 5. The van der Waals surface area contributed by atoms with E-state index in [1.54, 1.807) is 0 Å². The first kappa shape index (κ1) is 40.2. The summed E-state index contributed by atoms with van der Waals surface area (Å²) in [7, 11) is -10.3. The largest absolute Gasteiger partial charge is 3.00 e. The van der Waals surface area contributed by atoms with Crippen LogP contribution in [0.2, 0.25) is 0 Å². The Bertz CT molecular complexity index is 569. The zero-order valence-electron chi connectivity index (χ0n) is 12.4. The Balaban J connectivity index is -0.0000000652. The molecule has 0 aliphatic heterocycles. The summed E-state index contributed by atoms with van der Waals surface area (Å²) in [6.45, 7) is 0. The number of carbonyl (C=O) groups is 3. The third-order valence-electron chi connectivity index (χ3n) is 1.25. The minimum Gasteiger partial charge on any atom is -0.759 e. The molecule has 0 saturated carbocycles. The molecule has 0 aliphatic rings. The summed E-state index contributed by atoms with van der Waals surface area (Å²) in [4.78, 5) is 30.0. The van der Waals surface area contributed by atoms with Crippen LogP contribution in [-0.4, -0.2) is 107 Å². The van der Waals surface area contributed by atoms with Gasteiger partial charge in [0.2, 0.25) is 0 Å². The summed E-state index contributed by atoms with van der Waals surface area (Å²) in [5, 5.41) is 38.9. The van der Waals surface area contributed by atoms with Crippen LogP contribution in [0.5, 0.6) is 0 Å². The second kappa shape index (κ2) is 16.6. The van der Waals surface area contributed by atoms with Gasteiger partial charge in [-0.15, -0.1) is 0 Å². The number of carboxylic acid groups (broad SMARTS) is 3. The minimum absolute atomic E-state index is 0. The molecule has 0 fully saturated rings. The Kier molecular flexibility index (Phi) is 25.8. The summed E-state index contributed by atoms with van der Waals surface area (Å²) in [6.07, 6.45) is -2.72. The van der Waals surface area contributed by atoms with Gasteiger partial charge in [0.15, 0.2) is 0 Å². The van der Waals surface area contributed by atoms with Gasteiger partial charge in [0.1, 0.15) is 5.60 Å². The maximum atomic E-state index is 10.1. The van der Waals surface area contributed by atoms with E-state index in [1.807, 2.05) is 0 Å². The molecule has 2 radical (unpaired) electrons. The molecule has 0 rings (SSSR count). The maximum Gasteiger partial charge on any atom is 3.00 e. The van der Waals surface area contributed by atoms with Crippen LogP contribution in [0.3, 0.4) is 0 Å². The van der Waals surface area contributed by atoms with Gasteiger partial charge in [-0.05, 0) is 0 Å². The fraction of sp³-hybridized carbons (Fsp3) is 0.500. The van der Waals surface area contributed by atoms with E-state index in [2.05, 4.69) is 0 Å². The predicted molar refractivity (Wildman–Crippen MR) is 67.6 cm³/mol. The quantitative estimate of drug-likeness (QED) is 0.161. The third kappa shape index (κ3) is 49.5. The molecule has 20 heteroatoms. The molecule has 148 valence electrons. The van der Waals surface area contributed by atoms with Crippen LogP contribution < -0.4 is 21.5 Å². The summed E-state index contributed by atoms with van der Waals surface area (Å²) in [6, 6.07) is 0. The van der Waals surface area contributed by atoms with Gasteiger partial charge in [-0.25, -0.2) is 0 Å². The van der Waals surface area contributed by atoms with Crippen LogP contribution >= 0.6 is 0 Å². The molecule has 16 nitrogen and oxygen atoms in total. The van der Waals surface area contributed by atoms with Crippen LogP contribution in [0.25, 0.3) is 0 Å². The molecule has 5 N–H and O–H groups in total. The van der Waals surface area contributed by atoms with Gasteiger partial charge < -0.3 is 59.2 Å². The van der Waals surface area contributed by atoms with Crippen LogP contribution in [0.4, 0.5) is 0 Å². The molecule has 26 heavy (non-hydrogen) atoms. The fourth-order valence-corrected chi connectivity index (χ4v) is 0.684. The average Bonchev–Trinajstić information content (AvgIpc) is 2.07. The Morgan fingerprint density at radius 1 is 0.769 bits per heavy atom. The van der Waals surface area contributed by atoms with Gasteiger partial charge in [-0.2, -0.15) is 0 Å². The molecule has 0 spiro atoms. The van der Waals surface area contributed by atoms with Crippen LogP contribution in [0, 0.1) is 0 Å².